The second kappa shape index (κ2) is 7.16. The van der Waals surface area contributed by atoms with Gasteiger partial charge < -0.3 is 10.6 Å². The Morgan fingerprint density at radius 2 is 1.92 bits per heavy atom. The molecule has 0 atom stereocenters. The van der Waals surface area contributed by atoms with Crippen molar-refractivity contribution < 1.29 is 14.0 Å². The van der Waals surface area contributed by atoms with Gasteiger partial charge in [-0.3, -0.25) is 9.59 Å². The summed E-state index contributed by atoms with van der Waals surface area (Å²) in [4.78, 5) is 25.0. The van der Waals surface area contributed by atoms with Crippen molar-refractivity contribution in [2.75, 3.05) is 11.9 Å². The highest BCUT2D eigenvalue weighted by atomic mass is 32.1. The SMILES string of the molecule is C#CCNC(=O)c1ccccc1NC(=O)c1cc2c(F)cccc2s1. The van der Waals surface area contributed by atoms with Gasteiger partial charge in [0.05, 0.1) is 22.7 Å². The number of carbonyl (C=O) groups excluding carboxylic acids is 2. The maximum atomic E-state index is 13.8. The lowest BCUT2D eigenvalue weighted by atomic mass is 10.1. The first-order valence-electron chi connectivity index (χ1n) is 7.40. The van der Waals surface area contributed by atoms with E-state index in [9.17, 15) is 14.0 Å². The van der Waals surface area contributed by atoms with Crippen molar-refractivity contribution in [3.63, 3.8) is 0 Å². The zero-order valence-corrected chi connectivity index (χ0v) is 13.8. The van der Waals surface area contributed by atoms with Gasteiger partial charge in [-0.1, -0.05) is 24.1 Å². The van der Waals surface area contributed by atoms with E-state index in [4.69, 9.17) is 6.42 Å². The Labute approximate surface area is 147 Å². The number of anilines is 1. The summed E-state index contributed by atoms with van der Waals surface area (Å²) in [6, 6.07) is 12.8. The molecule has 1 aromatic heterocycles. The van der Waals surface area contributed by atoms with E-state index >= 15 is 0 Å². The minimum atomic E-state index is -0.405. The number of carbonyl (C=O) groups is 2. The molecule has 4 nitrogen and oxygen atoms in total. The van der Waals surface area contributed by atoms with Crippen molar-refractivity contribution in [3.05, 3.63) is 64.8 Å². The Morgan fingerprint density at radius 1 is 1.12 bits per heavy atom. The number of rotatable bonds is 4. The molecule has 2 aromatic carbocycles. The Morgan fingerprint density at radius 3 is 2.68 bits per heavy atom. The largest absolute Gasteiger partial charge is 0.341 e. The molecule has 2 amide bonds. The van der Waals surface area contributed by atoms with Crippen LogP contribution in [0.15, 0.2) is 48.5 Å². The van der Waals surface area contributed by atoms with Crippen LogP contribution in [0, 0.1) is 18.2 Å². The van der Waals surface area contributed by atoms with Gasteiger partial charge in [0.2, 0.25) is 0 Å². The number of hydrogen-bond acceptors (Lipinski definition) is 3. The Kier molecular flexibility index (Phi) is 4.78. The Bertz CT molecular complexity index is 1000. The molecule has 0 aliphatic carbocycles. The molecule has 0 radical (unpaired) electrons. The monoisotopic (exact) mass is 352 g/mol. The molecule has 0 aliphatic rings. The van der Waals surface area contributed by atoms with Crippen molar-refractivity contribution in [1.82, 2.24) is 5.32 Å². The lowest BCUT2D eigenvalue weighted by Gasteiger charge is -2.09. The second-order valence-electron chi connectivity index (χ2n) is 5.15. The average Bonchev–Trinajstić information content (AvgIpc) is 3.06. The number of nitrogens with one attached hydrogen (secondary N) is 2. The van der Waals surface area contributed by atoms with Crippen LogP contribution in [0.3, 0.4) is 0 Å². The van der Waals surface area contributed by atoms with Crippen LogP contribution in [0.2, 0.25) is 0 Å². The highest BCUT2D eigenvalue weighted by molar-refractivity contribution is 7.20. The van der Waals surface area contributed by atoms with Gasteiger partial charge >= 0.3 is 0 Å². The van der Waals surface area contributed by atoms with Crippen LogP contribution in [0.1, 0.15) is 20.0 Å². The van der Waals surface area contributed by atoms with Crippen LogP contribution in [-0.4, -0.2) is 18.4 Å². The van der Waals surface area contributed by atoms with Crippen LogP contribution in [0.25, 0.3) is 10.1 Å². The minimum absolute atomic E-state index is 0.0940. The van der Waals surface area contributed by atoms with Crippen molar-refractivity contribution in [2.24, 2.45) is 0 Å². The van der Waals surface area contributed by atoms with Crippen LogP contribution in [-0.2, 0) is 0 Å². The van der Waals surface area contributed by atoms with E-state index in [1.165, 1.54) is 23.5 Å². The van der Waals surface area contributed by atoms with Gasteiger partial charge in [-0.25, -0.2) is 4.39 Å². The normalized spacial score (nSPS) is 10.2. The van der Waals surface area contributed by atoms with Gasteiger partial charge in [0.1, 0.15) is 5.82 Å². The van der Waals surface area contributed by atoms with E-state index < -0.39 is 5.91 Å². The maximum absolute atomic E-state index is 13.8. The molecule has 0 saturated heterocycles. The van der Waals surface area contributed by atoms with Gasteiger partial charge in [0.15, 0.2) is 0 Å². The topological polar surface area (TPSA) is 58.2 Å². The van der Waals surface area contributed by atoms with E-state index in [-0.39, 0.29) is 18.3 Å². The van der Waals surface area contributed by atoms with Crippen molar-refractivity contribution >= 4 is 38.9 Å². The Balaban J connectivity index is 1.86. The number of halogens is 1. The van der Waals surface area contributed by atoms with Gasteiger partial charge in [-0.15, -0.1) is 17.8 Å². The van der Waals surface area contributed by atoms with Gasteiger partial charge in [0, 0.05) is 10.1 Å². The fourth-order valence-electron chi connectivity index (χ4n) is 2.34. The summed E-state index contributed by atoms with van der Waals surface area (Å²) in [7, 11) is 0. The number of fused-ring (bicyclic) bond motifs is 1. The molecular weight excluding hydrogens is 339 g/mol. The quantitative estimate of drug-likeness (QED) is 0.704. The molecule has 25 heavy (non-hydrogen) atoms. The van der Waals surface area contributed by atoms with Gasteiger partial charge in [0.25, 0.3) is 11.8 Å². The van der Waals surface area contributed by atoms with E-state index in [0.29, 0.717) is 26.2 Å². The number of amides is 2. The van der Waals surface area contributed by atoms with Crippen molar-refractivity contribution in [2.45, 2.75) is 0 Å². The smallest absolute Gasteiger partial charge is 0.265 e. The van der Waals surface area contributed by atoms with Crippen molar-refractivity contribution in [3.8, 4) is 12.3 Å². The molecule has 0 aliphatic heterocycles. The molecule has 0 bridgehead atoms. The van der Waals surface area contributed by atoms with E-state index in [2.05, 4.69) is 16.6 Å². The molecular formula is C19H13FN2O2S. The van der Waals surface area contributed by atoms with Gasteiger partial charge in [-0.05, 0) is 30.3 Å². The fourth-order valence-corrected chi connectivity index (χ4v) is 3.31. The predicted octanol–water partition coefficient (Wildman–Crippen LogP) is 3.66. The Hall–Kier alpha value is -3.17. The van der Waals surface area contributed by atoms with Gasteiger partial charge in [-0.2, -0.15) is 0 Å². The van der Waals surface area contributed by atoms with E-state index in [0.717, 1.165) is 0 Å². The zero-order valence-electron chi connectivity index (χ0n) is 13.0. The summed E-state index contributed by atoms with van der Waals surface area (Å²) in [5, 5.41) is 5.66. The maximum Gasteiger partial charge on any atom is 0.265 e. The molecule has 3 aromatic rings. The molecule has 0 fully saturated rings. The first-order chi connectivity index (χ1) is 12.1. The molecule has 6 heteroatoms. The summed E-state index contributed by atoms with van der Waals surface area (Å²) in [6.07, 6.45) is 5.14. The molecule has 0 unspecified atom stereocenters. The molecule has 3 rings (SSSR count). The first kappa shape index (κ1) is 16.7. The van der Waals surface area contributed by atoms with Crippen LogP contribution >= 0.6 is 11.3 Å². The number of para-hydroxylation sites is 1. The standard InChI is InChI=1S/C19H13FN2O2S/c1-2-10-21-18(23)12-6-3-4-8-15(12)22-19(24)17-11-13-14(20)7-5-9-16(13)25-17/h1,3-9,11H,10H2,(H,21,23)(H,22,24). The summed E-state index contributed by atoms with van der Waals surface area (Å²) in [5.74, 6) is 1.16. The summed E-state index contributed by atoms with van der Waals surface area (Å²) >= 11 is 1.19. The lowest BCUT2D eigenvalue weighted by molar-refractivity contribution is 0.0959. The van der Waals surface area contributed by atoms with Crippen LogP contribution in [0.4, 0.5) is 10.1 Å². The minimum Gasteiger partial charge on any atom is -0.341 e. The number of thiophene rings is 1. The summed E-state index contributed by atoms with van der Waals surface area (Å²) in [5.41, 5.74) is 0.665. The molecule has 0 spiro atoms. The number of hydrogen-bond donors (Lipinski definition) is 2. The third kappa shape index (κ3) is 3.52. The summed E-state index contributed by atoms with van der Waals surface area (Å²) < 4.78 is 14.5. The zero-order chi connectivity index (χ0) is 17.8. The first-order valence-corrected chi connectivity index (χ1v) is 8.22. The lowest BCUT2D eigenvalue weighted by Crippen LogP contribution is -2.25. The predicted molar refractivity (Wildman–Crippen MR) is 97.3 cm³/mol. The van der Waals surface area contributed by atoms with Crippen LogP contribution in [0.5, 0.6) is 0 Å². The summed E-state index contributed by atoms with van der Waals surface area (Å²) in [6.45, 7) is 0.0940. The third-order valence-corrected chi connectivity index (χ3v) is 4.60. The molecule has 124 valence electrons. The van der Waals surface area contributed by atoms with E-state index in [1.807, 2.05) is 0 Å². The van der Waals surface area contributed by atoms with Crippen LogP contribution < -0.4 is 10.6 Å². The fraction of sp³-hybridized carbons (Fsp3) is 0.0526. The molecule has 1 heterocycles. The average molecular weight is 352 g/mol. The number of benzene rings is 2. The second-order valence-corrected chi connectivity index (χ2v) is 6.23. The third-order valence-electron chi connectivity index (χ3n) is 3.50. The van der Waals surface area contributed by atoms with E-state index in [1.54, 1.807) is 36.4 Å². The van der Waals surface area contributed by atoms with Crippen molar-refractivity contribution in [1.29, 1.82) is 0 Å². The highest BCUT2D eigenvalue weighted by Gasteiger charge is 2.16. The molecule has 2 N–H and O–H groups in total. The molecule has 0 saturated carbocycles. The highest BCUT2D eigenvalue weighted by Crippen LogP contribution is 2.28. The number of terminal acetylenes is 1.